The lowest BCUT2D eigenvalue weighted by atomic mass is 10.2. The summed E-state index contributed by atoms with van der Waals surface area (Å²) in [5, 5.41) is 0. The Bertz CT molecular complexity index is 476. The molecular formula is C14H10Cl4O. The summed E-state index contributed by atoms with van der Waals surface area (Å²) in [6, 6.07) is 17.8. The monoisotopic (exact) mass is 334 g/mol. The SMILES string of the molecule is ClC(Cl)(OC(Cl)(Cl)c1ccccc1)c1ccccc1. The first-order chi connectivity index (χ1) is 8.92. The molecule has 0 spiro atoms. The molecule has 0 unspecified atom stereocenters. The molecule has 0 saturated carbocycles. The van der Waals surface area contributed by atoms with E-state index in [0.29, 0.717) is 11.1 Å². The van der Waals surface area contributed by atoms with Crippen molar-refractivity contribution < 1.29 is 4.74 Å². The molecule has 0 aliphatic rings. The quantitative estimate of drug-likeness (QED) is 0.663. The Kier molecular flexibility index (Phi) is 4.65. The summed E-state index contributed by atoms with van der Waals surface area (Å²) in [5.74, 6) is 0. The molecule has 0 heterocycles. The average molecular weight is 336 g/mol. The van der Waals surface area contributed by atoms with Crippen molar-refractivity contribution in [3.63, 3.8) is 0 Å². The van der Waals surface area contributed by atoms with Gasteiger partial charge < -0.3 is 4.74 Å². The molecule has 2 rings (SSSR count). The average Bonchev–Trinajstić information content (AvgIpc) is 2.40. The van der Waals surface area contributed by atoms with Crippen LogP contribution in [0.2, 0.25) is 0 Å². The van der Waals surface area contributed by atoms with Crippen LogP contribution in [0, 0.1) is 0 Å². The highest BCUT2D eigenvalue weighted by atomic mass is 35.5. The first kappa shape index (κ1) is 15.0. The fraction of sp³-hybridized carbons (Fsp3) is 0.143. The predicted octanol–water partition coefficient (Wildman–Crippen LogP) is 5.58. The van der Waals surface area contributed by atoms with E-state index >= 15 is 0 Å². The minimum Gasteiger partial charge on any atom is -0.302 e. The number of hydrogen-bond acceptors (Lipinski definition) is 1. The van der Waals surface area contributed by atoms with E-state index in [-0.39, 0.29) is 0 Å². The van der Waals surface area contributed by atoms with Crippen molar-refractivity contribution in [2.75, 3.05) is 0 Å². The molecule has 0 atom stereocenters. The van der Waals surface area contributed by atoms with E-state index in [0.717, 1.165) is 0 Å². The molecule has 0 radical (unpaired) electrons. The van der Waals surface area contributed by atoms with Gasteiger partial charge in [-0.25, -0.2) is 0 Å². The zero-order valence-electron chi connectivity index (χ0n) is 9.69. The van der Waals surface area contributed by atoms with Gasteiger partial charge >= 0.3 is 0 Å². The molecule has 0 aliphatic heterocycles. The molecular weight excluding hydrogens is 326 g/mol. The largest absolute Gasteiger partial charge is 0.302 e. The van der Waals surface area contributed by atoms with Gasteiger partial charge in [0.25, 0.3) is 0 Å². The number of ether oxygens (including phenoxy) is 1. The molecule has 19 heavy (non-hydrogen) atoms. The van der Waals surface area contributed by atoms with Crippen LogP contribution in [0.1, 0.15) is 11.1 Å². The van der Waals surface area contributed by atoms with Gasteiger partial charge in [0.15, 0.2) is 0 Å². The van der Waals surface area contributed by atoms with Gasteiger partial charge in [-0.15, -0.1) is 0 Å². The third-order valence-electron chi connectivity index (χ3n) is 2.48. The Hall–Kier alpha value is -0.440. The number of halogens is 4. The molecule has 2 aromatic rings. The fourth-order valence-corrected chi connectivity index (χ4v) is 2.67. The van der Waals surface area contributed by atoms with Crippen LogP contribution in [0.25, 0.3) is 0 Å². The van der Waals surface area contributed by atoms with Crippen molar-refractivity contribution in [1.29, 1.82) is 0 Å². The fourth-order valence-electron chi connectivity index (χ4n) is 1.54. The van der Waals surface area contributed by atoms with Crippen LogP contribution in [0.15, 0.2) is 60.7 Å². The Morgan fingerprint density at radius 3 is 1.21 bits per heavy atom. The molecule has 0 N–H and O–H groups in total. The first-order valence-electron chi connectivity index (χ1n) is 5.49. The van der Waals surface area contributed by atoms with E-state index in [9.17, 15) is 0 Å². The van der Waals surface area contributed by atoms with Crippen molar-refractivity contribution in [3.05, 3.63) is 71.8 Å². The highest BCUT2D eigenvalue weighted by Crippen LogP contribution is 2.46. The topological polar surface area (TPSA) is 9.23 Å². The number of benzene rings is 2. The molecule has 5 heteroatoms. The van der Waals surface area contributed by atoms with Crippen molar-refractivity contribution in [2.45, 2.75) is 9.04 Å². The van der Waals surface area contributed by atoms with Gasteiger partial charge in [-0.2, -0.15) is 0 Å². The second kappa shape index (κ2) is 5.90. The maximum atomic E-state index is 6.17. The smallest absolute Gasteiger partial charge is 0.247 e. The number of rotatable bonds is 4. The van der Waals surface area contributed by atoms with Crippen LogP contribution in [-0.4, -0.2) is 0 Å². The summed E-state index contributed by atoms with van der Waals surface area (Å²) in [5.41, 5.74) is 1.11. The number of hydrogen-bond donors (Lipinski definition) is 0. The minimum absolute atomic E-state index is 0.555. The van der Waals surface area contributed by atoms with Crippen molar-refractivity contribution in [1.82, 2.24) is 0 Å². The maximum absolute atomic E-state index is 6.17. The van der Waals surface area contributed by atoms with E-state index < -0.39 is 9.04 Å². The molecule has 2 aromatic carbocycles. The third kappa shape index (κ3) is 3.77. The molecule has 0 fully saturated rings. The van der Waals surface area contributed by atoms with Gasteiger partial charge in [-0.1, -0.05) is 107 Å². The molecule has 0 saturated heterocycles. The summed E-state index contributed by atoms with van der Waals surface area (Å²) >= 11 is 24.7. The van der Waals surface area contributed by atoms with Crippen molar-refractivity contribution in [2.24, 2.45) is 0 Å². The highest BCUT2D eigenvalue weighted by molar-refractivity contribution is 6.49. The molecule has 0 aromatic heterocycles. The lowest BCUT2D eigenvalue weighted by Gasteiger charge is -2.29. The van der Waals surface area contributed by atoms with Crippen LogP contribution < -0.4 is 0 Å². The first-order valence-corrected chi connectivity index (χ1v) is 7.00. The molecule has 0 aliphatic carbocycles. The third-order valence-corrected chi connectivity index (χ3v) is 3.66. The van der Waals surface area contributed by atoms with Crippen LogP contribution in [0.3, 0.4) is 0 Å². The summed E-state index contributed by atoms with van der Waals surface area (Å²) < 4.78 is 2.18. The number of alkyl halides is 4. The second-order valence-corrected chi connectivity index (χ2v) is 6.38. The van der Waals surface area contributed by atoms with Crippen LogP contribution in [0.5, 0.6) is 0 Å². The van der Waals surface area contributed by atoms with Crippen LogP contribution >= 0.6 is 46.4 Å². The van der Waals surface area contributed by atoms with E-state index in [1.165, 1.54) is 0 Å². The maximum Gasteiger partial charge on any atom is 0.247 e. The van der Waals surface area contributed by atoms with Gasteiger partial charge in [0.2, 0.25) is 9.04 Å². The van der Waals surface area contributed by atoms with E-state index in [1.807, 2.05) is 12.1 Å². The molecule has 0 bridgehead atoms. The lowest BCUT2D eigenvalue weighted by molar-refractivity contribution is 0.0237. The summed E-state index contributed by atoms with van der Waals surface area (Å²) in [6.07, 6.45) is 0. The molecule has 1 nitrogen and oxygen atoms in total. The second-order valence-electron chi connectivity index (χ2n) is 3.87. The predicted molar refractivity (Wildman–Crippen MR) is 80.7 cm³/mol. The Morgan fingerprint density at radius 2 is 0.895 bits per heavy atom. The minimum atomic E-state index is -1.64. The van der Waals surface area contributed by atoms with Gasteiger partial charge in [0.05, 0.1) is 0 Å². The van der Waals surface area contributed by atoms with Gasteiger partial charge in [0.1, 0.15) is 0 Å². The van der Waals surface area contributed by atoms with E-state index in [1.54, 1.807) is 48.5 Å². The van der Waals surface area contributed by atoms with Crippen molar-refractivity contribution >= 4 is 46.4 Å². The molecule has 100 valence electrons. The van der Waals surface area contributed by atoms with Crippen molar-refractivity contribution in [3.8, 4) is 0 Å². The normalized spacial score (nSPS) is 12.4. The zero-order chi connectivity index (χ0) is 13.9. The Balaban J connectivity index is 2.25. The van der Waals surface area contributed by atoms with E-state index in [4.69, 9.17) is 51.1 Å². The van der Waals surface area contributed by atoms with Gasteiger partial charge in [0, 0.05) is 11.1 Å². The lowest BCUT2D eigenvalue weighted by Crippen LogP contribution is -2.26. The Labute approximate surface area is 132 Å². The summed E-state index contributed by atoms with van der Waals surface area (Å²) in [4.78, 5) is 0. The van der Waals surface area contributed by atoms with Crippen LogP contribution in [-0.2, 0) is 13.8 Å². The summed E-state index contributed by atoms with van der Waals surface area (Å²) in [7, 11) is 0. The van der Waals surface area contributed by atoms with E-state index in [2.05, 4.69) is 0 Å². The Morgan fingerprint density at radius 1 is 0.579 bits per heavy atom. The summed E-state index contributed by atoms with van der Waals surface area (Å²) in [6.45, 7) is 0. The zero-order valence-corrected chi connectivity index (χ0v) is 12.7. The molecule has 0 amide bonds. The van der Waals surface area contributed by atoms with Crippen LogP contribution in [0.4, 0.5) is 0 Å². The highest BCUT2D eigenvalue weighted by Gasteiger charge is 2.39. The van der Waals surface area contributed by atoms with Gasteiger partial charge in [-0.05, 0) is 0 Å². The standard InChI is InChI=1S/C14H10Cl4O/c15-13(16,11-7-3-1-4-8-11)19-14(17,18)12-9-5-2-6-10-12/h1-10H. The van der Waals surface area contributed by atoms with Gasteiger partial charge in [-0.3, -0.25) is 0 Å².